The largest absolute Gasteiger partial charge is 0.481 e. The van der Waals surface area contributed by atoms with E-state index >= 15 is 0 Å². The van der Waals surface area contributed by atoms with E-state index in [1.807, 2.05) is 0 Å². The van der Waals surface area contributed by atoms with Gasteiger partial charge >= 0.3 is 12.0 Å². The van der Waals surface area contributed by atoms with Crippen LogP contribution in [-0.2, 0) is 14.4 Å². The van der Waals surface area contributed by atoms with E-state index in [1.165, 1.54) is 24.2 Å². The number of hydrogen-bond donors (Lipinski definition) is 3. The Bertz CT molecular complexity index is 969. The van der Waals surface area contributed by atoms with Gasteiger partial charge in [0, 0.05) is 31.7 Å². The highest BCUT2D eigenvalue weighted by Crippen LogP contribution is 2.20. The van der Waals surface area contributed by atoms with Crippen molar-refractivity contribution >= 4 is 23.7 Å². The van der Waals surface area contributed by atoms with E-state index in [9.17, 15) is 24.3 Å². The van der Waals surface area contributed by atoms with Gasteiger partial charge in [0.15, 0.2) is 11.8 Å². The normalized spacial score (nSPS) is 17.1. The molecule has 0 fully saturated rings. The Labute approximate surface area is 165 Å². The van der Waals surface area contributed by atoms with E-state index in [4.69, 9.17) is 0 Å². The molecule has 29 heavy (non-hydrogen) atoms. The molecular weight excluding hydrogens is 378 g/mol. The minimum atomic E-state index is -1.36. The lowest BCUT2D eigenvalue weighted by molar-refractivity contribution is -0.138. The Morgan fingerprint density at radius 2 is 2.07 bits per heavy atom. The van der Waals surface area contributed by atoms with Gasteiger partial charge in [-0.1, -0.05) is 12.1 Å². The lowest BCUT2D eigenvalue weighted by Crippen LogP contribution is -2.55. The fourth-order valence-electron chi connectivity index (χ4n) is 2.88. The Morgan fingerprint density at radius 1 is 1.28 bits per heavy atom. The molecule has 3 rings (SSSR count). The molecule has 0 radical (unpaired) electrons. The zero-order valence-electron chi connectivity index (χ0n) is 15.5. The number of benzene rings is 1. The Balaban J connectivity index is 1.77. The van der Waals surface area contributed by atoms with E-state index < -0.39 is 35.8 Å². The van der Waals surface area contributed by atoms with Crippen LogP contribution in [0.25, 0.3) is 5.69 Å². The fraction of sp³-hybridized carbons (Fsp3) is 0.211. The van der Waals surface area contributed by atoms with Gasteiger partial charge in [0.05, 0.1) is 18.2 Å². The van der Waals surface area contributed by atoms with Gasteiger partial charge in [-0.3, -0.25) is 14.4 Å². The first-order valence-corrected chi connectivity index (χ1v) is 8.72. The summed E-state index contributed by atoms with van der Waals surface area (Å²) in [5, 5.41) is 18.2. The Morgan fingerprint density at radius 3 is 2.76 bits per heavy atom. The number of likely N-dealkylation sites (N-methyl/N-ethyl adjacent to an activating group) is 1. The maximum Gasteiger partial charge on any atom is 0.316 e. The van der Waals surface area contributed by atoms with Crippen molar-refractivity contribution in [2.45, 2.75) is 18.5 Å². The lowest BCUT2D eigenvalue weighted by Gasteiger charge is -2.25. The predicted octanol–water partition coefficient (Wildman–Crippen LogP) is 0.611. The summed E-state index contributed by atoms with van der Waals surface area (Å²) in [5.74, 6) is -2.26. The molecule has 0 saturated heterocycles. The molecule has 150 valence electrons. The van der Waals surface area contributed by atoms with E-state index in [0.717, 1.165) is 0 Å². The van der Waals surface area contributed by atoms with E-state index in [1.54, 1.807) is 47.4 Å². The summed E-state index contributed by atoms with van der Waals surface area (Å²) < 4.78 is 1.60. The quantitative estimate of drug-likeness (QED) is 0.612. The molecule has 10 nitrogen and oxygen atoms in total. The number of rotatable bonds is 6. The van der Waals surface area contributed by atoms with Gasteiger partial charge in [0.1, 0.15) is 0 Å². The molecule has 0 bridgehead atoms. The third kappa shape index (κ3) is 4.67. The van der Waals surface area contributed by atoms with E-state index in [2.05, 4.69) is 15.7 Å². The van der Waals surface area contributed by atoms with Crippen LogP contribution in [0.4, 0.5) is 4.79 Å². The van der Waals surface area contributed by atoms with Crippen molar-refractivity contribution in [3.8, 4) is 5.69 Å². The van der Waals surface area contributed by atoms with E-state index in [-0.39, 0.29) is 6.42 Å². The van der Waals surface area contributed by atoms with Crippen LogP contribution in [-0.4, -0.2) is 56.6 Å². The number of nitrogens with zero attached hydrogens (tertiary/aromatic N) is 3. The van der Waals surface area contributed by atoms with Gasteiger partial charge in [0.2, 0.25) is 0 Å². The first-order chi connectivity index (χ1) is 13.8. The maximum absolute atomic E-state index is 12.4. The first kappa shape index (κ1) is 19.8. The van der Waals surface area contributed by atoms with Crippen LogP contribution < -0.4 is 10.6 Å². The summed E-state index contributed by atoms with van der Waals surface area (Å²) in [7, 11) is 1.46. The van der Waals surface area contributed by atoms with Crippen molar-refractivity contribution in [1.29, 1.82) is 0 Å². The van der Waals surface area contributed by atoms with Crippen LogP contribution in [0.2, 0.25) is 0 Å². The van der Waals surface area contributed by atoms with Gasteiger partial charge in [-0.15, -0.1) is 0 Å². The molecular formula is C19H19N5O5. The number of aromatic nitrogens is 2. The molecule has 2 heterocycles. The fourth-order valence-corrected chi connectivity index (χ4v) is 2.88. The average Bonchev–Trinajstić information content (AvgIpc) is 3.22. The third-order valence-electron chi connectivity index (χ3n) is 4.34. The zero-order chi connectivity index (χ0) is 21.0. The van der Waals surface area contributed by atoms with Crippen molar-refractivity contribution in [2.75, 3.05) is 7.05 Å². The molecule has 0 spiro atoms. The number of ketones is 1. The van der Waals surface area contributed by atoms with Gasteiger partial charge in [-0.05, 0) is 23.8 Å². The number of carboxylic acids is 1. The van der Waals surface area contributed by atoms with Gasteiger partial charge in [-0.25, -0.2) is 9.48 Å². The van der Waals surface area contributed by atoms with Gasteiger partial charge < -0.3 is 20.6 Å². The summed E-state index contributed by atoms with van der Waals surface area (Å²) in [6, 6.07) is 5.57. The number of carboxylic acid groups (broad SMARTS) is 1. The molecule has 2 atom stereocenters. The second kappa shape index (κ2) is 8.38. The topological polar surface area (TPSA) is 134 Å². The van der Waals surface area contributed by atoms with Crippen molar-refractivity contribution in [2.24, 2.45) is 0 Å². The average molecular weight is 397 g/mol. The van der Waals surface area contributed by atoms with Crippen LogP contribution in [0.5, 0.6) is 0 Å². The van der Waals surface area contributed by atoms with Gasteiger partial charge in [-0.2, -0.15) is 5.10 Å². The second-order valence-corrected chi connectivity index (χ2v) is 6.41. The summed E-state index contributed by atoms with van der Waals surface area (Å²) in [4.78, 5) is 48.9. The monoisotopic (exact) mass is 397 g/mol. The predicted molar refractivity (Wildman–Crippen MR) is 101 cm³/mol. The van der Waals surface area contributed by atoms with Crippen molar-refractivity contribution < 1.29 is 24.3 Å². The van der Waals surface area contributed by atoms with E-state index in [0.29, 0.717) is 11.3 Å². The van der Waals surface area contributed by atoms with Crippen LogP contribution in [0.1, 0.15) is 18.0 Å². The van der Waals surface area contributed by atoms with Crippen LogP contribution in [0.15, 0.2) is 55.0 Å². The molecule has 1 aliphatic heterocycles. The highest BCUT2D eigenvalue weighted by atomic mass is 16.4. The minimum Gasteiger partial charge on any atom is -0.481 e. The van der Waals surface area contributed by atoms with Crippen molar-refractivity contribution in [3.05, 3.63) is 60.6 Å². The summed E-state index contributed by atoms with van der Waals surface area (Å²) in [6.45, 7) is 0. The lowest BCUT2D eigenvalue weighted by atomic mass is 10.0. The highest BCUT2D eigenvalue weighted by molar-refractivity contribution is 6.14. The van der Waals surface area contributed by atoms with Crippen molar-refractivity contribution in [1.82, 2.24) is 25.3 Å². The van der Waals surface area contributed by atoms with Crippen LogP contribution in [0.3, 0.4) is 0 Å². The standard InChI is InChI=1S/C19H19N5O5/c1-23-9-6-15(25)17(18(23)28)22-19(29)21-14(11-16(26)27)12-4-2-5-13(10-12)24-8-3-7-20-24/h2-10,14,17H,11H2,1H3,(H,26,27)(H2,21,22,29). The zero-order valence-corrected chi connectivity index (χ0v) is 15.5. The molecule has 1 aromatic heterocycles. The summed E-state index contributed by atoms with van der Waals surface area (Å²) >= 11 is 0. The Kier molecular flexibility index (Phi) is 5.72. The molecule has 0 saturated carbocycles. The Hall–Kier alpha value is -3.95. The number of aliphatic carboxylic acids is 1. The molecule has 2 aromatic rings. The van der Waals surface area contributed by atoms with Crippen LogP contribution in [0, 0.1) is 0 Å². The molecule has 3 amide bonds. The molecule has 0 aliphatic carbocycles. The molecule has 2 unspecified atom stereocenters. The molecule has 10 heteroatoms. The number of carbonyl (C=O) groups is 4. The maximum atomic E-state index is 12.4. The smallest absolute Gasteiger partial charge is 0.316 e. The molecule has 3 N–H and O–H groups in total. The highest BCUT2D eigenvalue weighted by Gasteiger charge is 2.32. The number of urea groups is 1. The molecule has 1 aromatic carbocycles. The van der Waals surface area contributed by atoms with Crippen molar-refractivity contribution in [3.63, 3.8) is 0 Å². The number of carbonyl (C=O) groups excluding carboxylic acids is 3. The van der Waals surface area contributed by atoms with Crippen LogP contribution >= 0.6 is 0 Å². The molecule has 1 aliphatic rings. The second-order valence-electron chi connectivity index (χ2n) is 6.41. The summed E-state index contributed by atoms with van der Waals surface area (Å²) in [5.41, 5.74) is 1.23. The number of amides is 3. The number of hydrogen-bond acceptors (Lipinski definition) is 5. The number of nitrogens with one attached hydrogen (secondary N) is 2. The minimum absolute atomic E-state index is 0.387. The summed E-state index contributed by atoms with van der Waals surface area (Å²) in [6.07, 6.45) is 5.46. The SMILES string of the molecule is CN1C=CC(=O)C(NC(=O)NC(CC(=O)O)c2cccc(-n3cccn3)c2)C1=O. The third-order valence-corrected chi connectivity index (χ3v) is 4.34. The van der Waals surface area contributed by atoms with Gasteiger partial charge in [0.25, 0.3) is 5.91 Å². The first-order valence-electron chi connectivity index (χ1n) is 8.72.